The van der Waals surface area contributed by atoms with Crippen molar-refractivity contribution >= 4 is 35.8 Å². The zero-order valence-electron chi connectivity index (χ0n) is 40.8. The molecule has 0 spiro atoms. The molecule has 0 aromatic rings. The van der Waals surface area contributed by atoms with Gasteiger partial charge in [-0.1, -0.05) is 231 Å². The Labute approximate surface area is 389 Å². The Bertz CT molecular complexity index is 1300. The molecule has 0 radical (unpaired) electrons. The van der Waals surface area contributed by atoms with Crippen molar-refractivity contribution in [3.8, 4) is 0 Å². The molecule has 0 saturated heterocycles. The Morgan fingerprint density at radius 1 is 0.344 bits per heavy atom. The molecular formula is C54H92O10. The first kappa shape index (κ1) is 60.4. The predicted molar refractivity (Wildman–Crippen MR) is 259 cm³/mol. The van der Waals surface area contributed by atoms with Gasteiger partial charge in [0.2, 0.25) is 0 Å². The van der Waals surface area contributed by atoms with Gasteiger partial charge in [0.1, 0.15) is 0 Å². The van der Waals surface area contributed by atoms with E-state index in [-0.39, 0.29) is 0 Å². The van der Waals surface area contributed by atoms with Gasteiger partial charge in [-0.2, -0.15) is 0 Å². The molecule has 0 amide bonds. The first-order valence-electron chi connectivity index (χ1n) is 26.0. The normalized spacial score (nSPS) is 13.1. The van der Waals surface area contributed by atoms with Crippen LogP contribution < -0.4 is 0 Å². The van der Waals surface area contributed by atoms with Gasteiger partial charge in [-0.05, 0) is 38.5 Å². The number of aliphatic carboxylic acids is 2. The van der Waals surface area contributed by atoms with Crippen LogP contribution in [0.25, 0.3) is 0 Å². The van der Waals surface area contributed by atoms with Crippen LogP contribution in [0.15, 0.2) is 36.5 Å². The Morgan fingerprint density at radius 2 is 0.578 bits per heavy atom. The summed E-state index contributed by atoms with van der Waals surface area (Å²) in [6, 6.07) is 0. The number of esters is 4. The van der Waals surface area contributed by atoms with Crippen molar-refractivity contribution in [2.45, 2.75) is 252 Å². The molecule has 0 aromatic carbocycles. The summed E-state index contributed by atoms with van der Waals surface area (Å²) in [5.41, 5.74) is 0. The average molecular weight is 901 g/mol. The molecule has 2 N–H and O–H groups in total. The van der Waals surface area contributed by atoms with Crippen molar-refractivity contribution in [2.75, 3.05) is 0 Å². The van der Waals surface area contributed by atoms with Crippen molar-refractivity contribution in [2.24, 2.45) is 17.8 Å². The summed E-state index contributed by atoms with van der Waals surface area (Å²) in [6.07, 6.45) is 45.2. The molecule has 0 aliphatic carbocycles. The van der Waals surface area contributed by atoms with E-state index in [1.165, 1.54) is 147 Å². The van der Waals surface area contributed by atoms with Crippen LogP contribution in [0.4, 0.5) is 0 Å². The fourth-order valence-electron chi connectivity index (χ4n) is 7.76. The Balaban J connectivity index is 5.43. The Morgan fingerprint density at radius 3 is 0.844 bits per heavy atom. The van der Waals surface area contributed by atoms with E-state index in [4.69, 9.17) is 9.47 Å². The maximum Gasteiger partial charge on any atom is 0.321 e. The first-order chi connectivity index (χ1) is 31.0. The van der Waals surface area contributed by atoms with E-state index in [1.54, 1.807) is 18.2 Å². The number of carbonyl (C=O) groups excluding carboxylic acids is 4. The topological polar surface area (TPSA) is 161 Å². The van der Waals surface area contributed by atoms with Crippen molar-refractivity contribution < 1.29 is 48.5 Å². The molecule has 0 bridgehead atoms. The number of unbranched alkanes of at least 4 members (excludes halogenated alkanes) is 30. The van der Waals surface area contributed by atoms with E-state index in [0.29, 0.717) is 19.3 Å². The lowest BCUT2D eigenvalue weighted by Crippen LogP contribution is -2.29. The maximum absolute atomic E-state index is 13.4. The number of allylic oxidation sites excluding steroid dienone is 3. The van der Waals surface area contributed by atoms with E-state index >= 15 is 0 Å². The second-order valence-corrected chi connectivity index (χ2v) is 17.9. The highest BCUT2D eigenvalue weighted by Gasteiger charge is 2.30. The smallest absolute Gasteiger partial charge is 0.321 e. The summed E-state index contributed by atoms with van der Waals surface area (Å²) in [7, 11) is 0. The largest absolute Gasteiger partial charge is 0.481 e. The number of carboxylic acids is 2. The molecule has 0 heterocycles. The van der Waals surface area contributed by atoms with Gasteiger partial charge in [-0.3, -0.25) is 28.8 Å². The molecule has 0 aliphatic rings. The first-order valence-corrected chi connectivity index (χ1v) is 26.0. The summed E-state index contributed by atoms with van der Waals surface area (Å²) >= 11 is 0. The van der Waals surface area contributed by atoms with E-state index in [9.17, 15) is 39.0 Å². The molecule has 64 heavy (non-hydrogen) atoms. The minimum Gasteiger partial charge on any atom is -0.481 e. The molecule has 368 valence electrons. The molecule has 0 fully saturated rings. The van der Waals surface area contributed by atoms with Crippen molar-refractivity contribution in [1.29, 1.82) is 0 Å². The zero-order valence-corrected chi connectivity index (χ0v) is 40.8. The van der Waals surface area contributed by atoms with Gasteiger partial charge >= 0.3 is 35.8 Å². The number of ether oxygens (including phenoxy) is 2. The van der Waals surface area contributed by atoms with E-state index < -0.39 is 72.8 Å². The summed E-state index contributed by atoms with van der Waals surface area (Å²) in [5.74, 6) is -10.3. The lowest BCUT2D eigenvalue weighted by Gasteiger charge is -2.15. The summed E-state index contributed by atoms with van der Waals surface area (Å²) < 4.78 is 10.3. The number of rotatable bonds is 45. The molecule has 3 atom stereocenters. The minimum atomic E-state index is -1.28. The molecule has 0 saturated carbocycles. The maximum atomic E-state index is 13.4. The third-order valence-corrected chi connectivity index (χ3v) is 11.8. The van der Waals surface area contributed by atoms with Gasteiger partial charge in [0.05, 0.1) is 37.0 Å². The van der Waals surface area contributed by atoms with Crippen LogP contribution in [0.1, 0.15) is 252 Å². The van der Waals surface area contributed by atoms with Gasteiger partial charge in [-0.15, -0.1) is 0 Å². The van der Waals surface area contributed by atoms with Gasteiger partial charge in [-0.25, -0.2) is 0 Å². The second-order valence-electron chi connectivity index (χ2n) is 17.9. The lowest BCUT2D eigenvalue weighted by molar-refractivity contribution is -0.169. The van der Waals surface area contributed by atoms with Crippen LogP contribution >= 0.6 is 0 Å². The predicted octanol–water partition coefficient (Wildman–Crippen LogP) is 14.9. The molecule has 0 rings (SSSR count). The molecule has 0 aromatic heterocycles. The third-order valence-electron chi connectivity index (χ3n) is 11.8. The third kappa shape index (κ3) is 38.9. The minimum absolute atomic E-state index is 0.558. The SMILES string of the molecule is CCCCCCCCCCCCC=CC(CC(=O)O)C(=O)OC(=O)CC(C=CCCCCCCCCCCCC)C(=O)OC(=O)C(C=CCCCCCCCCCCCC)CC(=O)O. The van der Waals surface area contributed by atoms with Crippen LogP contribution in [-0.2, 0) is 38.2 Å². The standard InChI is InChI=1S/C54H92O10/c1-4-7-10-13-16-19-22-25-28-31-34-37-40-46(43-49(55)56)52(60)63-51(59)45-48(42-39-36-33-30-27-24-21-18-15-12-9-6-3)54(62)64-53(61)47(44-50(57)58)41-38-35-32-29-26-23-20-17-14-11-8-5-2/h37-42,46-48H,4-36,43-45H2,1-3H3,(H,55,56)(H,57,58). The van der Waals surface area contributed by atoms with Gasteiger partial charge < -0.3 is 19.7 Å². The van der Waals surface area contributed by atoms with Crippen molar-refractivity contribution in [1.82, 2.24) is 0 Å². The van der Waals surface area contributed by atoms with Crippen LogP contribution in [0.2, 0.25) is 0 Å². The summed E-state index contributed by atoms with van der Waals surface area (Å²) in [4.78, 5) is 76.1. The van der Waals surface area contributed by atoms with Gasteiger partial charge in [0, 0.05) is 0 Å². The quantitative estimate of drug-likeness (QED) is 0.0260. The molecule has 0 aliphatic heterocycles. The summed E-state index contributed by atoms with van der Waals surface area (Å²) in [6.45, 7) is 6.63. The Hall–Kier alpha value is -3.56. The van der Waals surface area contributed by atoms with Crippen molar-refractivity contribution in [3.05, 3.63) is 36.5 Å². The summed E-state index contributed by atoms with van der Waals surface area (Å²) in [5, 5.41) is 19.0. The van der Waals surface area contributed by atoms with Gasteiger partial charge in [0.15, 0.2) is 0 Å². The van der Waals surface area contributed by atoms with E-state index in [0.717, 1.165) is 64.2 Å². The zero-order chi connectivity index (χ0) is 47.3. The monoisotopic (exact) mass is 901 g/mol. The van der Waals surface area contributed by atoms with Crippen LogP contribution in [0.3, 0.4) is 0 Å². The molecule has 10 nitrogen and oxygen atoms in total. The highest BCUT2D eigenvalue weighted by atomic mass is 16.6. The second kappa shape index (κ2) is 44.6. The fraction of sp³-hybridized carbons (Fsp3) is 0.778. The van der Waals surface area contributed by atoms with Gasteiger partial charge in [0.25, 0.3) is 0 Å². The highest BCUT2D eigenvalue weighted by molar-refractivity contribution is 5.94. The van der Waals surface area contributed by atoms with E-state index in [2.05, 4.69) is 20.8 Å². The number of carbonyl (C=O) groups is 6. The van der Waals surface area contributed by atoms with Crippen LogP contribution in [0.5, 0.6) is 0 Å². The van der Waals surface area contributed by atoms with Crippen molar-refractivity contribution in [3.63, 3.8) is 0 Å². The highest BCUT2D eigenvalue weighted by Crippen LogP contribution is 2.19. The average Bonchev–Trinajstić information content (AvgIpc) is 3.25. The van der Waals surface area contributed by atoms with Crippen LogP contribution in [0, 0.1) is 17.8 Å². The van der Waals surface area contributed by atoms with E-state index in [1.807, 2.05) is 0 Å². The molecule has 3 unspecified atom stereocenters. The fourth-order valence-corrected chi connectivity index (χ4v) is 7.76. The molecular weight excluding hydrogens is 809 g/mol. The van der Waals surface area contributed by atoms with Crippen LogP contribution in [-0.4, -0.2) is 46.0 Å². The molecule has 10 heteroatoms. The Kier molecular flexibility index (Phi) is 42.2. The number of carboxylic acid groups (broad SMARTS) is 2. The number of hydrogen-bond donors (Lipinski definition) is 2. The number of hydrogen-bond acceptors (Lipinski definition) is 8. The lowest BCUT2D eigenvalue weighted by atomic mass is 10.0.